The Labute approximate surface area is 125 Å². The van der Waals surface area contributed by atoms with Crippen LogP contribution in [0.2, 0.25) is 0 Å². The van der Waals surface area contributed by atoms with Gasteiger partial charge in [0.25, 0.3) is 5.91 Å². The van der Waals surface area contributed by atoms with Gasteiger partial charge in [0.1, 0.15) is 5.82 Å². The predicted octanol–water partition coefficient (Wildman–Crippen LogP) is 4.26. The van der Waals surface area contributed by atoms with E-state index in [2.05, 4.69) is 21.2 Å². The summed E-state index contributed by atoms with van der Waals surface area (Å²) in [5.74, 6) is -0.695. The van der Waals surface area contributed by atoms with E-state index in [1.165, 1.54) is 12.1 Å². The Bertz CT molecular complexity index is 469. The van der Waals surface area contributed by atoms with Gasteiger partial charge < -0.3 is 5.32 Å². The first-order chi connectivity index (χ1) is 9.08. The third kappa shape index (κ3) is 3.93. The van der Waals surface area contributed by atoms with E-state index in [9.17, 15) is 9.18 Å². The van der Waals surface area contributed by atoms with E-state index >= 15 is 0 Å². The Balaban J connectivity index is 2.05. The summed E-state index contributed by atoms with van der Waals surface area (Å²) in [7, 11) is 0. The summed E-state index contributed by atoms with van der Waals surface area (Å²) >= 11 is 9.35. The lowest BCUT2D eigenvalue weighted by Gasteiger charge is -2.21. The van der Waals surface area contributed by atoms with Crippen LogP contribution in [0.5, 0.6) is 0 Å². The third-order valence-electron chi connectivity index (χ3n) is 3.43. The molecule has 1 aromatic rings. The second kappa shape index (κ2) is 6.71. The number of carbonyl (C=O) groups is 1. The van der Waals surface area contributed by atoms with Crippen molar-refractivity contribution >= 4 is 33.4 Å². The zero-order valence-corrected chi connectivity index (χ0v) is 12.8. The van der Waals surface area contributed by atoms with Gasteiger partial charge in [-0.3, -0.25) is 4.79 Å². The number of nitrogens with one attached hydrogen (secondary N) is 1. The Morgan fingerprint density at radius 3 is 2.79 bits per heavy atom. The van der Waals surface area contributed by atoms with Crippen molar-refractivity contribution in [3.8, 4) is 0 Å². The van der Waals surface area contributed by atoms with Gasteiger partial charge in [-0.1, -0.05) is 19.3 Å². The van der Waals surface area contributed by atoms with E-state index in [-0.39, 0.29) is 17.3 Å². The molecule has 2 unspecified atom stereocenters. The molecule has 2 atom stereocenters. The van der Waals surface area contributed by atoms with Gasteiger partial charge in [0.05, 0.1) is 9.85 Å². The van der Waals surface area contributed by atoms with E-state index in [4.69, 9.17) is 11.6 Å². The smallest absolute Gasteiger partial charge is 0.251 e. The summed E-state index contributed by atoms with van der Waals surface area (Å²) < 4.78 is 13.8. The normalized spacial score (nSPS) is 23.7. The molecule has 1 N–H and O–H groups in total. The molecular weight excluding hydrogens is 333 g/mol. The highest BCUT2D eigenvalue weighted by molar-refractivity contribution is 9.10. The van der Waals surface area contributed by atoms with Crippen LogP contribution >= 0.6 is 27.5 Å². The Hall–Kier alpha value is -0.610. The van der Waals surface area contributed by atoms with E-state index in [1.807, 2.05) is 0 Å². The summed E-state index contributed by atoms with van der Waals surface area (Å²) in [5.41, 5.74) is 0.328. The molecule has 0 saturated heterocycles. The van der Waals surface area contributed by atoms with Gasteiger partial charge in [-0.25, -0.2) is 4.39 Å². The van der Waals surface area contributed by atoms with Crippen LogP contribution in [-0.4, -0.2) is 17.3 Å². The maximum atomic E-state index is 13.4. The third-order valence-corrected chi connectivity index (χ3v) is 4.60. The van der Waals surface area contributed by atoms with Crippen LogP contribution < -0.4 is 5.32 Å². The summed E-state index contributed by atoms with van der Waals surface area (Å²) in [5, 5.41) is 2.88. The minimum absolute atomic E-state index is 0.0247. The standard InChI is InChI=1S/C14H16BrClFNO/c15-10-7-6-9(8-12(10)17)14(19)18-13-5-3-1-2-4-11(13)16/h6-8,11,13H,1-5H2,(H,18,19). The zero-order chi connectivity index (χ0) is 13.8. The topological polar surface area (TPSA) is 29.1 Å². The van der Waals surface area contributed by atoms with Gasteiger partial charge in [-0.05, 0) is 47.0 Å². The molecule has 2 nitrogen and oxygen atoms in total. The number of hydrogen-bond acceptors (Lipinski definition) is 1. The van der Waals surface area contributed by atoms with Gasteiger partial charge >= 0.3 is 0 Å². The molecule has 1 saturated carbocycles. The molecule has 0 aromatic heterocycles. The lowest BCUT2D eigenvalue weighted by molar-refractivity contribution is 0.0933. The van der Waals surface area contributed by atoms with E-state index in [0.29, 0.717) is 10.0 Å². The lowest BCUT2D eigenvalue weighted by atomic mass is 10.1. The van der Waals surface area contributed by atoms with E-state index in [0.717, 1.165) is 32.1 Å². The Morgan fingerprint density at radius 1 is 1.32 bits per heavy atom. The zero-order valence-electron chi connectivity index (χ0n) is 10.5. The highest BCUT2D eigenvalue weighted by Gasteiger charge is 2.23. The molecule has 0 bridgehead atoms. The van der Waals surface area contributed by atoms with Crippen molar-refractivity contribution in [2.75, 3.05) is 0 Å². The van der Waals surface area contributed by atoms with Crippen LogP contribution in [0.3, 0.4) is 0 Å². The quantitative estimate of drug-likeness (QED) is 0.628. The number of benzene rings is 1. The van der Waals surface area contributed by atoms with Crippen LogP contribution in [0.1, 0.15) is 42.5 Å². The molecule has 1 aliphatic rings. The first kappa shape index (κ1) is 14.8. The Morgan fingerprint density at radius 2 is 2.05 bits per heavy atom. The average Bonchev–Trinajstić information content (AvgIpc) is 2.58. The van der Waals surface area contributed by atoms with Gasteiger partial charge in [-0.2, -0.15) is 0 Å². The van der Waals surface area contributed by atoms with Crippen LogP contribution in [0.25, 0.3) is 0 Å². The van der Waals surface area contributed by atoms with Gasteiger partial charge in [-0.15, -0.1) is 11.6 Å². The van der Waals surface area contributed by atoms with Crippen LogP contribution in [0.4, 0.5) is 4.39 Å². The van der Waals surface area contributed by atoms with Crippen molar-refractivity contribution in [2.45, 2.75) is 43.5 Å². The second-order valence-electron chi connectivity index (χ2n) is 4.86. The molecule has 1 aromatic carbocycles. The van der Waals surface area contributed by atoms with Gasteiger partial charge in [0.2, 0.25) is 0 Å². The summed E-state index contributed by atoms with van der Waals surface area (Å²) in [6, 6.07) is 4.35. The number of halogens is 3. The van der Waals surface area contributed by atoms with E-state index in [1.54, 1.807) is 6.07 Å². The van der Waals surface area contributed by atoms with Gasteiger partial charge in [0.15, 0.2) is 0 Å². The first-order valence-electron chi connectivity index (χ1n) is 6.48. The second-order valence-corrected chi connectivity index (χ2v) is 6.28. The van der Waals surface area contributed by atoms with Crippen molar-refractivity contribution in [1.29, 1.82) is 0 Å². The fourth-order valence-electron chi connectivity index (χ4n) is 2.31. The number of hydrogen-bond donors (Lipinski definition) is 1. The van der Waals surface area contributed by atoms with Crippen LogP contribution in [0.15, 0.2) is 22.7 Å². The lowest BCUT2D eigenvalue weighted by Crippen LogP contribution is -2.40. The van der Waals surface area contributed by atoms with E-state index < -0.39 is 5.82 Å². The SMILES string of the molecule is O=C(NC1CCCCCC1Cl)c1ccc(Br)c(F)c1. The minimum atomic E-state index is -0.434. The maximum Gasteiger partial charge on any atom is 0.251 e. The highest BCUT2D eigenvalue weighted by Crippen LogP contribution is 2.23. The Kier molecular flexibility index (Phi) is 5.22. The average molecular weight is 349 g/mol. The highest BCUT2D eigenvalue weighted by atomic mass is 79.9. The van der Waals surface area contributed by atoms with Crippen molar-refractivity contribution in [3.05, 3.63) is 34.1 Å². The van der Waals surface area contributed by atoms with Crippen molar-refractivity contribution < 1.29 is 9.18 Å². The summed E-state index contributed by atoms with van der Waals surface area (Å²) in [6.45, 7) is 0. The molecule has 0 heterocycles. The molecule has 0 aliphatic heterocycles. The minimum Gasteiger partial charge on any atom is -0.348 e. The molecule has 1 fully saturated rings. The fourth-order valence-corrected chi connectivity index (χ4v) is 2.90. The molecule has 0 spiro atoms. The monoisotopic (exact) mass is 347 g/mol. The largest absolute Gasteiger partial charge is 0.348 e. The number of rotatable bonds is 2. The summed E-state index contributed by atoms with van der Waals surface area (Å²) in [6.07, 6.45) is 5.14. The molecule has 0 radical (unpaired) electrons. The molecule has 2 rings (SSSR count). The molecule has 5 heteroatoms. The van der Waals surface area contributed by atoms with Crippen molar-refractivity contribution in [1.82, 2.24) is 5.32 Å². The predicted molar refractivity (Wildman–Crippen MR) is 78.1 cm³/mol. The number of carbonyl (C=O) groups excluding carboxylic acids is 1. The maximum absolute atomic E-state index is 13.4. The van der Waals surface area contributed by atoms with Crippen molar-refractivity contribution in [3.63, 3.8) is 0 Å². The van der Waals surface area contributed by atoms with Gasteiger partial charge in [0, 0.05) is 11.6 Å². The molecule has 19 heavy (non-hydrogen) atoms. The molecule has 1 aliphatic carbocycles. The van der Waals surface area contributed by atoms with Crippen LogP contribution in [-0.2, 0) is 0 Å². The number of alkyl halides is 1. The van der Waals surface area contributed by atoms with Crippen LogP contribution in [0, 0.1) is 5.82 Å². The molecule has 1 amide bonds. The van der Waals surface area contributed by atoms with Crippen molar-refractivity contribution in [2.24, 2.45) is 0 Å². The summed E-state index contributed by atoms with van der Waals surface area (Å²) in [4.78, 5) is 12.1. The first-order valence-corrected chi connectivity index (χ1v) is 7.71. The number of amides is 1. The molecule has 104 valence electrons. The molecular formula is C14H16BrClFNO. The fraction of sp³-hybridized carbons (Fsp3) is 0.500.